The van der Waals surface area contributed by atoms with E-state index in [4.69, 9.17) is 5.11 Å². The highest BCUT2D eigenvalue weighted by Gasteiger charge is 2.10. The second kappa shape index (κ2) is 4.53. The van der Waals surface area contributed by atoms with E-state index < -0.39 is 0 Å². The van der Waals surface area contributed by atoms with E-state index in [1.807, 2.05) is 13.0 Å². The standard InChI is InChI=1S/C10H11BrO2/c1-2-10(13)7-4-3-5-9(11)8(7)6-12/h3-5,12H,2,6H2,1H3. The molecule has 0 atom stereocenters. The van der Waals surface area contributed by atoms with Gasteiger partial charge in [-0.1, -0.05) is 35.0 Å². The monoisotopic (exact) mass is 242 g/mol. The summed E-state index contributed by atoms with van der Waals surface area (Å²) in [5.74, 6) is 0.0605. The fourth-order valence-corrected chi connectivity index (χ4v) is 1.66. The van der Waals surface area contributed by atoms with Crippen molar-refractivity contribution in [2.75, 3.05) is 0 Å². The summed E-state index contributed by atoms with van der Waals surface area (Å²) in [5.41, 5.74) is 1.29. The molecule has 0 aliphatic rings. The number of ketones is 1. The second-order valence-electron chi connectivity index (χ2n) is 2.70. The molecule has 0 saturated carbocycles. The van der Waals surface area contributed by atoms with Gasteiger partial charge >= 0.3 is 0 Å². The Bertz CT molecular complexity index is 321. The lowest BCUT2D eigenvalue weighted by molar-refractivity contribution is 0.0985. The maximum Gasteiger partial charge on any atom is 0.163 e. The Morgan fingerprint density at radius 1 is 1.54 bits per heavy atom. The zero-order valence-electron chi connectivity index (χ0n) is 7.38. The number of hydrogen-bond acceptors (Lipinski definition) is 2. The van der Waals surface area contributed by atoms with Crippen molar-refractivity contribution in [3.63, 3.8) is 0 Å². The molecule has 0 unspecified atom stereocenters. The van der Waals surface area contributed by atoms with Gasteiger partial charge in [0.15, 0.2) is 5.78 Å². The molecule has 3 heteroatoms. The number of rotatable bonds is 3. The first-order valence-corrected chi connectivity index (χ1v) is 4.91. The van der Waals surface area contributed by atoms with Gasteiger partial charge in [0.05, 0.1) is 6.61 Å². The molecule has 1 N–H and O–H groups in total. The first kappa shape index (κ1) is 10.4. The maximum absolute atomic E-state index is 11.4. The smallest absolute Gasteiger partial charge is 0.163 e. The van der Waals surface area contributed by atoms with Gasteiger partial charge in [-0.15, -0.1) is 0 Å². The number of carbonyl (C=O) groups excluding carboxylic acids is 1. The third-order valence-corrected chi connectivity index (χ3v) is 2.64. The van der Waals surface area contributed by atoms with Crippen LogP contribution in [0.25, 0.3) is 0 Å². The molecule has 0 saturated heterocycles. The Morgan fingerprint density at radius 2 is 2.23 bits per heavy atom. The number of aliphatic hydroxyl groups is 1. The average molecular weight is 243 g/mol. The van der Waals surface area contributed by atoms with Crippen LogP contribution in [-0.4, -0.2) is 10.9 Å². The molecule has 0 aliphatic carbocycles. The Labute approximate surface area is 85.7 Å². The van der Waals surface area contributed by atoms with Gasteiger partial charge in [0.25, 0.3) is 0 Å². The molecule has 0 fully saturated rings. The minimum Gasteiger partial charge on any atom is -0.392 e. The summed E-state index contributed by atoms with van der Waals surface area (Å²) in [5, 5.41) is 9.06. The zero-order valence-corrected chi connectivity index (χ0v) is 8.97. The van der Waals surface area contributed by atoms with Gasteiger partial charge in [-0.05, 0) is 6.07 Å². The zero-order chi connectivity index (χ0) is 9.84. The molecular formula is C10H11BrO2. The van der Waals surface area contributed by atoms with E-state index >= 15 is 0 Å². The molecule has 13 heavy (non-hydrogen) atoms. The number of carbonyl (C=O) groups is 1. The van der Waals surface area contributed by atoms with Crippen molar-refractivity contribution in [1.82, 2.24) is 0 Å². The molecule has 0 heterocycles. The van der Waals surface area contributed by atoms with Crippen LogP contribution in [0.4, 0.5) is 0 Å². The van der Waals surface area contributed by atoms with Gasteiger partial charge < -0.3 is 5.11 Å². The molecule has 70 valence electrons. The lowest BCUT2D eigenvalue weighted by Crippen LogP contribution is -2.02. The number of halogens is 1. The van der Waals surface area contributed by atoms with E-state index in [1.165, 1.54) is 0 Å². The predicted octanol–water partition coefficient (Wildman–Crippen LogP) is 2.53. The van der Waals surface area contributed by atoms with Gasteiger partial charge in [-0.2, -0.15) is 0 Å². The van der Waals surface area contributed by atoms with E-state index in [9.17, 15) is 4.79 Å². The molecule has 0 radical (unpaired) electrons. The molecule has 1 aromatic carbocycles. The third kappa shape index (κ3) is 2.17. The molecule has 0 spiro atoms. The van der Waals surface area contributed by atoms with Crippen LogP contribution in [0.2, 0.25) is 0 Å². The molecular weight excluding hydrogens is 232 g/mol. The molecule has 0 aliphatic heterocycles. The van der Waals surface area contributed by atoms with Gasteiger partial charge in [0.2, 0.25) is 0 Å². The Morgan fingerprint density at radius 3 is 2.77 bits per heavy atom. The van der Waals surface area contributed by atoms with E-state index in [0.717, 1.165) is 4.47 Å². The molecule has 0 aromatic heterocycles. The Hall–Kier alpha value is -0.670. The first-order valence-electron chi connectivity index (χ1n) is 4.12. The summed E-state index contributed by atoms with van der Waals surface area (Å²) in [6.45, 7) is 1.70. The van der Waals surface area contributed by atoms with E-state index in [1.54, 1.807) is 12.1 Å². The number of Topliss-reactive ketones (excluding diaryl/α,β-unsaturated/α-hetero) is 1. The highest BCUT2D eigenvalue weighted by Crippen LogP contribution is 2.21. The second-order valence-corrected chi connectivity index (χ2v) is 3.56. The van der Waals surface area contributed by atoms with Crippen molar-refractivity contribution >= 4 is 21.7 Å². The summed E-state index contributed by atoms with van der Waals surface area (Å²) in [6.07, 6.45) is 0.462. The SMILES string of the molecule is CCC(=O)c1cccc(Br)c1CO. The Balaban J connectivity index is 3.20. The van der Waals surface area contributed by atoms with Crippen LogP contribution in [0.15, 0.2) is 22.7 Å². The molecule has 0 amide bonds. The maximum atomic E-state index is 11.4. The summed E-state index contributed by atoms with van der Waals surface area (Å²) in [6, 6.07) is 5.35. The summed E-state index contributed by atoms with van der Waals surface area (Å²) >= 11 is 3.29. The van der Waals surface area contributed by atoms with Crippen molar-refractivity contribution in [3.05, 3.63) is 33.8 Å². The lowest BCUT2D eigenvalue weighted by Gasteiger charge is -2.06. The number of aliphatic hydroxyl groups excluding tert-OH is 1. The topological polar surface area (TPSA) is 37.3 Å². The van der Waals surface area contributed by atoms with Crippen LogP contribution in [-0.2, 0) is 6.61 Å². The number of benzene rings is 1. The van der Waals surface area contributed by atoms with Crippen molar-refractivity contribution in [2.45, 2.75) is 20.0 Å². The summed E-state index contributed by atoms with van der Waals surface area (Å²) in [4.78, 5) is 11.4. The summed E-state index contributed by atoms with van der Waals surface area (Å²) in [7, 11) is 0. The average Bonchev–Trinajstić information content (AvgIpc) is 2.16. The Kier molecular flexibility index (Phi) is 3.63. The molecule has 1 rings (SSSR count). The first-order chi connectivity index (χ1) is 6.20. The fourth-order valence-electron chi connectivity index (χ4n) is 1.17. The highest BCUT2D eigenvalue weighted by atomic mass is 79.9. The van der Waals surface area contributed by atoms with Gasteiger partial charge in [-0.25, -0.2) is 0 Å². The van der Waals surface area contributed by atoms with Crippen molar-refractivity contribution in [2.24, 2.45) is 0 Å². The molecule has 0 bridgehead atoms. The van der Waals surface area contributed by atoms with Crippen LogP contribution < -0.4 is 0 Å². The minimum absolute atomic E-state index is 0.0605. The van der Waals surface area contributed by atoms with E-state index in [2.05, 4.69) is 15.9 Å². The van der Waals surface area contributed by atoms with Crippen LogP contribution in [0.1, 0.15) is 29.3 Å². The van der Waals surface area contributed by atoms with Gasteiger partial charge in [-0.3, -0.25) is 4.79 Å². The largest absolute Gasteiger partial charge is 0.392 e. The van der Waals surface area contributed by atoms with Gasteiger partial charge in [0.1, 0.15) is 0 Å². The summed E-state index contributed by atoms with van der Waals surface area (Å²) < 4.78 is 0.786. The van der Waals surface area contributed by atoms with Gasteiger partial charge in [0, 0.05) is 22.0 Å². The minimum atomic E-state index is -0.109. The van der Waals surface area contributed by atoms with Crippen LogP contribution in [0.3, 0.4) is 0 Å². The van der Waals surface area contributed by atoms with Crippen molar-refractivity contribution < 1.29 is 9.90 Å². The van der Waals surface area contributed by atoms with Crippen LogP contribution in [0.5, 0.6) is 0 Å². The quantitative estimate of drug-likeness (QED) is 0.828. The van der Waals surface area contributed by atoms with Crippen molar-refractivity contribution in [1.29, 1.82) is 0 Å². The highest BCUT2D eigenvalue weighted by molar-refractivity contribution is 9.10. The van der Waals surface area contributed by atoms with Crippen LogP contribution >= 0.6 is 15.9 Å². The molecule has 1 aromatic rings. The molecule has 2 nitrogen and oxygen atoms in total. The van der Waals surface area contributed by atoms with E-state index in [-0.39, 0.29) is 12.4 Å². The van der Waals surface area contributed by atoms with Crippen molar-refractivity contribution in [3.8, 4) is 0 Å². The predicted molar refractivity (Wildman–Crippen MR) is 54.7 cm³/mol. The lowest BCUT2D eigenvalue weighted by atomic mass is 10.0. The van der Waals surface area contributed by atoms with Crippen LogP contribution in [0, 0.1) is 0 Å². The number of hydrogen-bond donors (Lipinski definition) is 1. The van der Waals surface area contributed by atoms with E-state index in [0.29, 0.717) is 17.5 Å². The normalized spacial score (nSPS) is 10.1. The third-order valence-electron chi connectivity index (χ3n) is 1.90. The fraction of sp³-hybridized carbons (Fsp3) is 0.300.